The number of aromatic nitrogens is 2. The molecule has 0 spiro atoms. The van der Waals surface area contributed by atoms with Gasteiger partial charge in [0.2, 0.25) is 0 Å². The van der Waals surface area contributed by atoms with E-state index in [1.54, 1.807) is 24.8 Å². The molecule has 0 N–H and O–H groups in total. The fourth-order valence-corrected chi connectivity index (χ4v) is 3.92. The van der Waals surface area contributed by atoms with Gasteiger partial charge in [0.15, 0.2) is 0 Å². The third kappa shape index (κ3) is 2.76. The van der Waals surface area contributed by atoms with E-state index in [4.69, 9.17) is 0 Å². The van der Waals surface area contributed by atoms with Crippen molar-refractivity contribution >= 4 is 21.5 Å². The molecule has 4 nitrogen and oxygen atoms in total. The molecule has 0 aliphatic carbocycles. The van der Waals surface area contributed by atoms with E-state index in [1.165, 1.54) is 0 Å². The predicted molar refractivity (Wildman–Crippen MR) is 117 cm³/mol. The van der Waals surface area contributed by atoms with Gasteiger partial charge in [-0.25, -0.2) is 0 Å². The first-order chi connectivity index (χ1) is 14.8. The number of nitrogens with zero attached hydrogens (tertiary/aromatic N) is 4. The van der Waals surface area contributed by atoms with Crippen LogP contribution in [0.3, 0.4) is 0 Å². The molecule has 2 aromatic heterocycles. The maximum absolute atomic E-state index is 9.99. The highest BCUT2D eigenvalue weighted by atomic mass is 14.6. The van der Waals surface area contributed by atoms with Crippen molar-refractivity contribution in [1.29, 1.82) is 10.5 Å². The standard InChI is InChI=1S/C26H14N4/c27-15-25-21-3-1-19(17-5-9-29-10-6-17)13-23(21)26(16-28)22-4-2-20(14-24(22)25)18-7-11-30-12-8-18/h1-14H. The summed E-state index contributed by atoms with van der Waals surface area (Å²) >= 11 is 0. The minimum absolute atomic E-state index is 0.580. The average Bonchev–Trinajstić information content (AvgIpc) is 2.83. The molecule has 0 saturated heterocycles. The summed E-state index contributed by atoms with van der Waals surface area (Å²) in [6.07, 6.45) is 6.97. The zero-order valence-corrected chi connectivity index (χ0v) is 15.9. The van der Waals surface area contributed by atoms with Gasteiger partial charge in [-0.15, -0.1) is 0 Å². The first kappa shape index (κ1) is 17.6. The van der Waals surface area contributed by atoms with Crippen LogP contribution in [0.1, 0.15) is 11.1 Å². The van der Waals surface area contributed by atoms with Crippen LogP contribution in [0.5, 0.6) is 0 Å². The molecular weight excluding hydrogens is 368 g/mol. The van der Waals surface area contributed by atoms with E-state index in [2.05, 4.69) is 22.1 Å². The molecule has 0 unspecified atom stereocenters. The Hall–Kier alpha value is -4.54. The molecule has 5 aromatic rings. The Balaban J connectivity index is 1.84. The highest BCUT2D eigenvalue weighted by Crippen LogP contribution is 2.36. The van der Waals surface area contributed by atoms with Gasteiger partial charge in [-0.05, 0) is 58.7 Å². The number of rotatable bonds is 2. The van der Waals surface area contributed by atoms with Crippen molar-refractivity contribution in [2.45, 2.75) is 0 Å². The van der Waals surface area contributed by atoms with Crippen molar-refractivity contribution in [1.82, 2.24) is 9.97 Å². The van der Waals surface area contributed by atoms with Crippen molar-refractivity contribution < 1.29 is 0 Å². The molecule has 2 heterocycles. The molecule has 0 atom stereocenters. The van der Waals surface area contributed by atoms with E-state index in [0.717, 1.165) is 43.8 Å². The Bertz CT molecular complexity index is 1370. The maximum atomic E-state index is 9.99. The first-order valence-electron chi connectivity index (χ1n) is 9.44. The van der Waals surface area contributed by atoms with Crippen LogP contribution in [0.25, 0.3) is 43.8 Å². The van der Waals surface area contributed by atoms with Crippen LogP contribution in [0, 0.1) is 22.7 Å². The summed E-state index contributed by atoms with van der Waals surface area (Å²) in [5, 5.41) is 23.1. The Morgan fingerprint density at radius 3 is 1.23 bits per heavy atom. The summed E-state index contributed by atoms with van der Waals surface area (Å²) in [6.45, 7) is 0. The van der Waals surface area contributed by atoms with Crippen molar-refractivity contribution in [2.75, 3.05) is 0 Å². The molecule has 0 aliphatic rings. The monoisotopic (exact) mass is 382 g/mol. The van der Waals surface area contributed by atoms with E-state index < -0.39 is 0 Å². The van der Waals surface area contributed by atoms with E-state index >= 15 is 0 Å². The quantitative estimate of drug-likeness (QED) is 0.358. The molecule has 0 radical (unpaired) electrons. The van der Waals surface area contributed by atoms with Gasteiger partial charge < -0.3 is 0 Å². The third-order valence-corrected chi connectivity index (χ3v) is 5.37. The van der Waals surface area contributed by atoms with Gasteiger partial charge in [-0.1, -0.05) is 24.3 Å². The summed E-state index contributed by atoms with van der Waals surface area (Å²) in [7, 11) is 0. The average molecular weight is 382 g/mol. The fraction of sp³-hybridized carbons (Fsp3) is 0. The highest BCUT2D eigenvalue weighted by Gasteiger charge is 2.15. The van der Waals surface area contributed by atoms with Gasteiger partial charge in [0.1, 0.15) is 12.1 Å². The lowest BCUT2D eigenvalue weighted by molar-refractivity contribution is 1.33. The normalized spacial score (nSPS) is 10.6. The van der Waals surface area contributed by atoms with Crippen LogP contribution in [-0.2, 0) is 0 Å². The molecule has 3 aromatic carbocycles. The van der Waals surface area contributed by atoms with Crippen molar-refractivity contribution in [3.63, 3.8) is 0 Å². The number of nitriles is 2. The van der Waals surface area contributed by atoms with E-state index in [9.17, 15) is 10.5 Å². The van der Waals surface area contributed by atoms with Gasteiger partial charge in [-0.2, -0.15) is 10.5 Å². The van der Waals surface area contributed by atoms with Crippen LogP contribution in [0.15, 0.2) is 85.5 Å². The van der Waals surface area contributed by atoms with Gasteiger partial charge in [0.05, 0.1) is 11.1 Å². The molecule has 138 valence electrons. The van der Waals surface area contributed by atoms with Gasteiger partial charge in [0, 0.05) is 46.3 Å². The topological polar surface area (TPSA) is 73.4 Å². The van der Waals surface area contributed by atoms with Crippen molar-refractivity contribution in [3.05, 3.63) is 96.6 Å². The summed E-state index contributed by atoms with van der Waals surface area (Å²) in [5.41, 5.74) is 5.16. The minimum Gasteiger partial charge on any atom is -0.265 e. The lowest BCUT2D eigenvalue weighted by Gasteiger charge is -2.12. The predicted octanol–water partition coefficient (Wildman–Crippen LogP) is 5.86. The second kappa shape index (κ2) is 7.13. The lowest BCUT2D eigenvalue weighted by Crippen LogP contribution is -1.92. The number of benzene rings is 3. The Morgan fingerprint density at radius 2 is 0.867 bits per heavy atom. The lowest BCUT2D eigenvalue weighted by atomic mass is 9.89. The SMILES string of the molecule is N#Cc1c2ccc(-c3ccncc3)cc2c(C#N)c2ccc(-c3ccncc3)cc12. The summed E-state index contributed by atoms with van der Waals surface area (Å²) in [5.74, 6) is 0. The van der Waals surface area contributed by atoms with Gasteiger partial charge in [-0.3, -0.25) is 9.97 Å². The van der Waals surface area contributed by atoms with Crippen LogP contribution in [0.2, 0.25) is 0 Å². The number of pyridine rings is 2. The molecule has 0 aliphatic heterocycles. The number of hydrogen-bond acceptors (Lipinski definition) is 4. The second-order valence-corrected chi connectivity index (χ2v) is 6.97. The smallest absolute Gasteiger partial charge is 0.100 e. The zero-order chi connectivity index (χ0) is 20.5. The van der Waals surface area contributed by atoms with Gasteiger partial charge in [0.25, 0.3) is 0 Å². The molecule has 5 rings (SSSR count). The molecule has 0 amide bonds. The van der Waals surface area contributed by atoms with Crippen LogP contribution < -0.4 is 0 Å². The van der Waals surface area contributed by atoms with Crippen LogP contribution in [0.4, 0.5) is 0 Å². The second-order valence-electron chi connectivity index (χ2n) is 6.97. The number of hydrogen-bond donors (Lipinski definition) is 0. The maximum Gasteiger partial charge on any atom is 0.100 e. The Morgan fingerprint density at radius 1 is 0.467 bits per heavy atom. The highest BCUT2D eigenvalue weighted by molar-refractivity contribution is 6.11. The van der Waals surface area contributed by atoms with Crippen molar-refractivity contribution in [3.8, 4) is 34.4 Å². The van der Waals surface area contributed by atoms with Crippen LogP contribution in [-0.4, -0.2) is 9.97 Å². The van der Waals surface area contributed by atoms with E-state index in [0.29, 0.717) is 11.1 Å². The molecular formula is C26H14N4. The molecule has 4 heteroatoms. The Labute approximate surface area is 173 Å². The largest absolute Gasteiger partial charge is 0.265 e. The van der Waals surface area contributed by atoms with E-state index in [1.807, 2.05) is 60.7 Å². The third-order valence-electron chi connectivity index (χ3n) is 5.37. The molecule has 0 saturated carbocycles. The van der Waals surface area contributed by atoms with E-state index in [-0.39, 0.29) is 0 Å². The molecule has 30 heavy (non-hydrogen) atoms. The van der Waals surface area contributed by atoms with Crippen molar-refractivity contribution in [2.24, 2.45) is 0 Å². The fourth-order valence-electron chi connectivity index (χ4n) is 3.92. The summed E-state index contributed by atoms with van der Waals surface area (Å²) < 4.78 is 0. The summed E-state index contributed by atoms with van der Waals surface area (Å²) in [6, 6.07) is 24.3. The first-order valence-corrected chi connectivity index (χ1v) is 9.44. The number of fused-ring (bicyclic) bond motifs is 2. The zero-order valence-electron chi connectivity index (χ0n) is 15.9. The molecule has 0 fully saturated rings. The molecule has 0 bridgehead atoms. The minimum atomic E-state index is 0.580. The Kier molecular flexibility index (Phi) is 4.17. The summed E-state index contributed by atoms with van der Waals surface area (Å²) in [4.78, 5) is 8.14. The van der Waals surface area contributed by atoms with Crippen LogP contribution >= 0.6 is 0 Å². The van der Waals surface area contributed by atoms with Gasteiger partial charge >= 0.3 is 0 Å².